The molecule has 1 N–H and O–H groups in total. The number of aromatic nitrogens is 1. The first-order valence-electron chi connectivity index (χ1n) is 15.1. The zero-order chi connectivity index (χ0) is 31.6. The Morgan fingerprint density at radius 1 is 0.956 bits per heavy atom. The Labute approximate surface area is 286 Å². The summed E-state index contributed by atoms with van der Waals surface area (Å²) < 4.78 is 12.1. The van der Waals surface area contributed by atoms with Gasteiger partial charge in [0.25, 0.3) is 0 Å². The van der Waals surface area contributed by atoms with Crippen molar-refractivity contribution in [2.24, 2.45) is 0 Å². The first kappa shape index (κ1) is 33.6. The van der Waals surface area contributed by atoms with Crippen molar-refractivity contribution in [3.05, 3.63) is 104 Å². The molecule has 5 rings (SSSR count). The van der Waals surface area contributed by atoms with Gasteiger partial charge in [0.15, 0.2) is 0 Å². The van der Waals surface area contributed by atoms with Gasteiger partial charge in [-0.05, 0) is 88.7 Å². The lowest BCUT2D eigenvalue weighted by Crippen LogP contribution is -2.37. The van der Waals surface area contributed by atoms with E-state index in [1.54, 1.807) is 33.5 Å². The van der Waals surface area contributed by atoms with Crippen molar-refractivity contribution in [2.75, 3.05) is 51.4 Å². The second-order valence-electron chi connectivity index (χ2n) is 11.0. The van der Waals surface area contributed by atoms with Crippen LogP contribution in [0.5, 0.6) is 0 Å². The summed E-state index contributed by atoms with van der Waals surface area (Å²) in [5.74, 6) is 1.26. The minimum absolute atomic E-state index is 0.157. The Kier molecular flexibility index (Phi) is 12.5. The third kappa shape index (κ3) is 9.17. The fourth-order valence-electron chi connectivity index (χ4n) is 5.60. The molecule has 1 aliphatic carbocycles. The van der Waals surface area contributed by atoms with E-state index in [1.165, 1.54) is 36.3 Å². The van der Waals surface area contributed by atoms with Gasteiger partial charge in [-0.1, -0.05) is 69.6 Å². The molecular formula is C34H38IN3O5S2. The fraction of sp³-hybridized carbons (Fsp3) is 0.382. The number of pyridine rings is 1. The summed E-state index contributed by atoms with van der Waals surface area (Å²) >= 11 is 2.38. The van der Waals surface area contributed by atoms with E-state index in [0.29, 0.717) is 31.2 Å². The lowest BCUT2D eigenvalue weighted by atomic mass is 9.88. The quantitative estimate of drug-likeness (QED) is 0.134. The minimum Gasteiger partial charge on any atom is -0.449 e. The van der Waals surface area contributed by atoms with Crippen molar-refractivity contribution in [1.82, 2.24) is 14.8 Å². The molecule has 0 saturated carbocycles. The number of hydrogen-bond acceptors (Lipinski definition) is 8. The SMILES string of the molecule is CN(C[C@@H](O)c1ccccc1)C(=O)OCCSSCCOC(=O)N1CCC(=C2c3ccc(I)cc3CCc3cccnc32)CC1. The van der Waals surface area contributed by atoms with Gasteiger partial charge in [0.2, 0.25) is 0 Å². The Bertz CT molecular complexity index is 1500. The summed E-state index contributed by atoms with van der Waals surface area (Å²) in [7, 11) is 4.76. The Hall–Kier alpha value is -2.74. The second-order valence-corrected chi connectivity index (χ2v) is 14.9. The van der Waals surface area contributed by atoms with Crippen molar-refractivity contribution in [1.29, 1.82) is 0 Å². The highest BCUT2D eigenvalue weighted by Crippen LogP contribution is 2.38. The summed E-state index contributed by atoms with van der Waals surface area (Å²) in [5.41, 5.74) is 8.37. The maximum absolute atomic E-state index is 12.8. The molecule has 45 heavy (non-hydrogen) atoms. The van der Waals surface area contributed by atoms with Crippen molar-refractivity contribution >= 4 is 61.9 Å². The van der Waals surface area contributed by atoms with Crippen LogP contribution in [0.25, 0.3) is 5.57 Å². The molecule has 1 fully saturated rings. The summed E-state index contributed by atoms with van der Waals surface area (Å²) in [4.78, 5) is 33.0. The van der Waals surface area contributed by atoms with Gasteiger partial charge in [-0.2, -0.15) is 0 Å². The van der Waals surface area contributed by atoms with Gasteiger partial charge in [0.1, 0.15) is 13.2 Å². The molecule has 1 atom stereocenters. The number of carbonyl (C=O) groups is 2. The van der Waals surface area contributed by atoms with Gasteiger partial charge >= 0.3 is 12.2 Å². The van der Waals surface area contributed by atoms with Crippen LogP contribution in [0.3, 0.4) is 0 Å². The van der Waals surface area contributed by atoms with E-state index >= 15 is 0 Å². The second kappa shape index (κ2) is 16.7. The maximum atomic E-state index is 12.8. The molecule has 11 heteroatoms. The smallest absolute Gasteiger partial charge is 0.409 e. The number of aliphatic hydroxyl groups excluding tert-OH is 1. The van der Waals surface area contributed by atoms with Crippen molar-refractivity contribution in [3.63, 3.8) is 0 Å². The molecule has 3 aromatic rings. The van der Waals surface area contributed by atoms with E-state index in [-0.39, 0.29) is 19.2 Å². The number of rotatable bonds is 10. The first-order chi connectivity index (χ1) is 21.9. The molecule has 2 aliphatic rings. The van der Waals surface area contributed by atoms with Crippen LogP contribution in [0.15, 0.2) is 72.4 Å². The van der Waals surface area contributed by atoms with Gasteiger partial charge in [-0.25, -0.2) is 9.59 Å². The van der Waals surface area contributed by atoms with Crippen LogP contribution in [0.2, 0.25) is 0 Å². The molecule has 1 aliphatic heterocycles. The van der Waals surface area contributed by atoms with Gasteiger partial charge < -0.3 is 24.4 Å². The molecule has 0 radical (unpaired) electrons. The van der Waals surface area contributed by atoms with E-state index < -0.39 is 12.2 Å². The number of ether oxygens (including phenoxy) is 2. The van der Waals surface area contributed by atoms with Crippen LogP contribution in [0.4, 0.5) is 9.59 Å². The van der Waals surface area contributed by atoms with Crippen LogP contribution in [0.1, 0.15) is 46.9 Å². The number of amides is 2. The molecule has 2 amide bonds. The lowest BCUT2D eigenvalue weighted by Gasteiger charge is -2.29. The molecule has 2 heterocycles. The molecule has 0 bridgehead atoms. The summed E-state index contributed by atoms with van der Waals surface area (Å²) in [6.45, 7) is 2.00. The van der Waals surface area contributed by atoms with Crippen LogP contribution in [-0.4, -0.2) is 83.5 Å². The number of fused-ring (bicyclic) bond motifs is 2. The van der Waals surface area contributed by atoms with Crippen molar-refractivity contribution in [2.45, 2.75) is 31.8 Å². The summed E-state index contributed by atoms with van der Waals surface area (Å²) in [6, 6.07) is 20.1. The number of likely N-dealkylation sites (N-methyl/N-ethyl adjacent to an activating group) is 1. The van der Waals surface area contributed by atoms with Crippen molar-refractivity contribution < 1.29 is 24.2 Å². The van der Waals surface area contributed by atoms with E-state index in [0.717, 1.165) is 36.9 Å². The van der Waals surface area contributed by atoms with E-state index in [9.17, 15) is 14.7 Å². The predicted octanol–water partition coefficient (Wildman–Crippen LogP) is 7.00. The Balaban J connectivity index is 1.01. The highest BCUT2D eigenvalue weighted by molar-refractivity contribution is 14.1. The van der Waals surface area contributed by atoms with Crippen LogP contribution in [-0.2, 0) is 22.3 Å². The third-order valence-electron chi connectivity index (χ3n) is 7.92. The number of hydrogen-bond donors (Lipinski definition) is 1. The molecular weight excluding hydrogens is 721 g/mol. The number of nitrogens with zero attached hydrogens (tertiary/aromatic N) is 3. The highest BCUT2D eigenvalue weighted by Gasteiger charge is 2.27. The van der Waals surface area contributed by atoms with Crippen molar-refractivity contribution in [3.8, 4) is 0 Å². The number of benzene rings is 2. The zero-order valence-electron chi connectivity index (χ0n) is 25.3. The topological polar surface area (TPSA) is 92.2 Å². The molecule has 2 aromatic carbocycles. The normalized spacial score (nSPS) is 15.0. The van der Waals surface area contributed by atoms with E-state index in [1.807, 2.05) is 42.6 Å². The largest absolute Gasteiger partial charge is 0.449 e. The summed E-state index contributed by atoms with van der Waals surface area (Å²) in [5, 5.41) is 10.3. The average Bonchev–Trinajstić information content (AvgIpc) is 3.22. The third-order valence-corrected chi connectivity index (χ3v) is 10.9. The zero-order valence-corrected chi connectivity index (χ0v) is 29.1. The first-order valence-corrected chi connectivity index (χ1v) is 18.7. The van der Waals surface area contributed by atoms with Gasteiger partial charge in [-0.3, -0.25) is 4.98 Å². The van der Waals surface area contributed by atoms with Gasteiger partial charge in [0.05, 0.1) is 18.3 Å². The van der Waals surface area contributed by atoms with Crippen LogP contribution >= 0.6 is 44.2 Å². The Morgan fingerprint density at radius 2 is 1.67 bits per heavy atom. The van der Waals surface area contributed by atoms with Crippen LogP contribution in [0, 0.1) is 3.57 Å². The summed E-state index contributed by atoms with van der Waals surface area (Å²) in [6.07, 6.45) is 3.95. The van der Waals surface area contributed by atoms with E-state index in [2.05, 4.69) is 46.9 Å². The number of likely N-dealkylation sites (tertiary alicyclic amines) is 1. The number of aryl methyl sites for hydroxylation is 2. The predicted molar refractivity (Wildman–Crippen MR) is 189 cm³/mol. The number of halogens is 1. The molecule has 1 saturated heterocycles. The molecule has 1 aromatic heterocycles. The molecule has 0 unspecified atom stereocenters. The van der Waals surface area contributed by atoms with Gasteiger partial charge in [0, 0.05) is 47.0 Å². The standard InChI is InChI=1S/C34H38IN3O5S2/c1-37(23-30(39)24-6-3-2-4-7-24)33(40)42-18-20-44-45-21-19-43-34(41)38-16-13-25(14-17-38)31-29-12-11-28(35)22-27(29)10-9-26-8-5-15-36-32(26)31/h2-8,11-12,15,22,30,39H,9-10,13-14,16-21,23H2,1H3/t30-/m1/s1. The fourth-order valence-corrected chi connectivity index (χ4v) is 7.81. The van der Waals surface area contributed by atoms with E-state index in [4.69, 9.17) is 14.5 Å². The lowest BCUT2D eigenvalue weighted by molar-refractivity contribution is 0.0868. The molecule has 8 nitrogen and oxygen atoms in total. The molecule has 0 spiro atoms. The number of piperidine rings is 1. The number of carbonyl (C=O) groups excluding carboxylic acids is 2. The monoisotopic (exact) mass is 759 g/mol. The Morgan fingerprint density at radius 3 is 2.42 bits per heavy atom. The van der Waals surface area contributed by atoms with Crippen LogP contribution < -0.4 is 0 Å². The number of aliphatic hydroxyl groups is 1. The van der Waals surface area contributed by atoms with Gasteiger partial charge in [-0.15, -0.1) is 0 Å². The maximum Gasteiger partial charge on any atom is 0.409 e. The highest BCUT2D eigenvalue weighted by atomic mass is 127. The minimum atomic E-state index is -0.765. The molecule has 238 valence electrons. The average molecular weight is 760 g/mol.